The number of benzene rings is 1. The van der Waals surface area contributed by atoms with Crippen LogP contribution in [-0.2, 0) is 0 Å². The molecule has 1 N–H and O–H groups in total. The Bertz CT molecular complexity index is 855. The van der Waals surface area contributed by atoms with Crippen LogP contribution in [0.3, 0.4) is 0 Å². The number of anilines is 2. The summed E-state index contributed by atoms with van der Waals surface area (Å²) in [5.74, 6) is 0.285. The third kappa shape index (κ3) is 3.17. The van der Waals surface area contributed by atoms with E-state index in [1.54, 1.807) is 18.5 Å². The molecular weight excluding hydrogens is 302 g/mol. The fourth-order valence-corrected chi connectivity index (χ4v) is 2.53. The molecule has 6 heteroatoms. The van der Waals surface area contributed by atoms with Gasteiger partial charge in [-0.1, -0.05) is 18.2 Å². The highest BCUT2D eigenvalue weighted by Crippen LogP contribution is 2.21. The van der Waals surface area contributed by atoms with Crippen molar-refractivity contribution in [1.82, 2.24) is 15.0 Å². The number of para-hydroxylation sites is 1. The molecule has 24 heavy (non-hydrogen) atoms. The summed E-state index contributed by atoms with van der Waals surface area (Å²) in [7, 11) is 0. The number of rotatable bonds is 5. The summed E-state index contributed by atoms with van der Waals surface area (Å²) in [6.45, 7) is 5.63. The van der Waals surface area contributed by atoms with Gasteiger partial charge in [0, 0.05) is 30.9 Å². The minimum absolute atomic E-state index is 0.274. The Morgan fingerprint density at radius 1 is 1.04 bits per heavy atom. The molecule has 0 aliphatic carbocycles. The monoisotopic (exact) mass is 321 g/mol. The summed E-state index contributed by atoms with van der Waals surface area (Å²) in [6.07, 6.45) is 3.32. The topological polar surface area (TPSA) is 71.0 Å². The summed E-state index contributed by atoms with van der Waals surface area (Å²) in [4.78, 5) is 27.5. The normalized spacial score (nSPS) is 10.6. The summed E-state index contributed by atoms with van der Waals surface area (Å²) in [5, 5.41) is 3.87. The number of nitrogens with zero attached hydrogens (tertiary/aromatic N) is 4. The first-order valence-corrected chi connectivity index (χ1v) is 7.96. The SMILES string of the molecule is CCN(CC)c1nccc(C(=O)Nc2cccc3cccnc23)n1. The molecule has 1 amide bonds. The molecule has 0 unspecified atom stereocenters. The molecule has 3 aromatic rings. The third-order valence-electron chi connectivity index (χ3n) is 3.80. The second-order valence-corrected chi connectivity index (χ2v) is 5.25. The molecule has 2 aromatic heterocycles. The smallest absolute Gasteiger partial charge is 0.274 e. The van der Waals surface area contributed by atoms with E-state index in [1.807, 2.05) is 49.1 Å². The fraction of sp³-hybridized carbons (Fsp3) is 0.222. The maximum Gasteiger partial charge on any atom is 0.274 e. The second-order valence-electron chi connectivity index (χ2n) is 5.25. The van der Waals surface area contributed by atoms with E-state index in [1.165, 1.54) is 0 Å². The van der Waals surface area contributed by atoms with Crippen LogP contribution in [0.15, 0.2) is 48.8 Å². The van der Waals surface area contributed by atoms with E-state index in [0.29, 0.717) is 17.3 Å². The predicted molar refractivity (Wildman–Crippen MR) is 95.3 cm³/mol. The van der Waals surface area contributed by atoms with Gasteiger partial charge in [0.25, 0.3) is 5.91 Å². The van der Waals surface area contributed by atoms with E-state index in [-0.39, 0.29) is 5.91 Å². The summed E-state index contributed by atoms with van der Waals surface area (Å²) in [6, 6.07) is 11.1. The van der Waals surface area contributed by atoms with Crippen LogP contribution in [0, 0.1) is 0 Å². The van der Waals surface area contributed by atoms with Crippen molar-refractivity contribution in [2.75, 3.05) is 23.3 Å². The van der Waals surface area contributed by atoms with Gasteiger partial charge in [0.15, 0.2) is 0 Å². The van der Waals surface area contributed by atoms with Crippen LogP contribution < -0.4 is 10.2 Å². The maximum atomic E-state index is 12.6. The number of hydrogen-bond acceptors (Lipinski definition) is 5. The molecule has 0 atom stereocenters. The number of nitrogens with one attached hydrogen (secondary N) is 1. The van der Waals surface area contributed by atoms with Crippen molar-refractivity contribution >= 4 is 28.4 Å². The van der Waals surface area contributed by atoms with Crippen LogP contribution >= 0.6 is 0 Å². The molecule has 2 heterocycles. The van der Waals surface area contributed by atoms with Crippen LogP contribution in [-0.4, -0.2) is 33.9 Å². The zero-order valence-corrected chi connectivity index (χ0v) is 13.7. The Kier molecular flexibility index (Phi) is 4.65. The highest BCUT2D eigenvalue weighted by Gasteiger charge is 2.13. The quantitative estimate of drug-likeness (QED) is 0.782. The van der Waals surface area contributed by atoms with Gasteiger partial charge in [-0.3, -0.25) is 9.78 Å². The summed E-state index contributed by atoms with van der Waals surface area (Å²) >= 11 is 0. The molecule has 0 aliphatic rings. The van der Waals surface area contributed by atoms with Crippen molar-refractivity contribution in [2.45, 2.75) is 13.8 Å². The van der Waals surface area contributed by atoms with Crippen molar-refractivity contribution < 1.29 is 4.79 Å². The van der Waals surface area contributed by atoms with Gasteiger partial charge in [-0.25, -0.2) is 9.97 Å². The van der Waals surface area contributed by atoms with Crippen LogP contribution in [0.2, 0.25) is 0 Å². The van der Waals surface area contributed by atoms with E-state index in [9.17, 15) is 4.79 Å². The Labute approximate surface area is 140 Å². The van der Waals surface area contributed by atoms with Gasteiger partial charge in [-0.2, -0.15) is 0 Å². The van der Waals surface area contributed by atoms with E-state index in [0.717, 1.165) is 24.0 Å². The van der Waals surface area contributed by atoms with Crippen molar-refractivity contribution in [3.63, 3.8) is 0 Å². The largest absolute Gasteiger partial charge is 0.341 e. The predicted octanol–water partition coefficient (Wildman–Crippen LogP) is 3.12. The molecule has 3 rings (SSSR count). The molecule has 0 bridgehead atoms. The first-order chi connectivity index (χ1) is 11.7. The first-order valence-electron chi connectivity index (χ1n) is 7.96. The highest BCUT2D eigenvalue weighted by molar-refractivity contribution is 6.07. The van der Waals surface area contributed by atoms with Gasteiger partial charge >= 0.3 is 0 Å². The number of pyridine rings is 1. The molecule has 0 saturated heterocycles. The lowest BCUT2D eigenvalue weighted by molar-refractivity contribution is 0.102. The van der Waals surface area contributed by atoms with Gasteiger partial charge < -0.3 is 10.2 Å². The van der Waals surface area contributed by atoms with Gasteiger partial charge in [0.05, 0.1) is 11.2 Å². The maximum absolute atomic E-state index is 12.6. The zero-order chi connectivity index (χ0) is 16.9. The lowest BCUT2D eigenvalue weighted by Gasteiger charge is -2.18. The van der Waals surface area contributed by atoms with Gasteiger partial charge in [-0.05, 0) is 32.0 Å². The van der Waals surface area contributed by atoms with Gasteiger partial charge in [0.2, 0.25) is 5.95 Å². The molecule has 0 fully saturated rings. The Balaban J connectivity index is 1.88. The summed E-state index contributed by atoms with van der Waals surface area (Å²) < 4.78 is 0. The van der Waals surface area contributed by atoms with Crippen molar-refractivity contribution in [3.8, 4) is 0 Å². The number of carbonyl (C=O) groups is 1. The van der Waals surface area contributed by atoms with E-state index in [4.69, 9.17) is 0 Å². The van der Waals surface area contributed by atoms with Crippen molar-refractivity contribution in [3.05, 3.63) is 54.5 Å². The molecule has 0 radical (unpaired) electrons. The van der Waals surface area contributed by atoms with Crippen LogP contribution in [0.5, 0.6) is 0 Å². The number of carbonyl (C=O) groups excluding carboxylic acids is 1. The minimum Gasteiger partial charge on any atom is -0.341 e. The average molecular weight is 321 g/mol. The van der Waals surface area contributed by atoms with Crippen LogP contribution in [0.1, 0.15) is 24.3 Å². The molecule has 0 spiro atoms. The van der Waals surface area contributed by atoms with E-state index >= 15 is 0 Å². The number of aromatic nitrogens is 3. The summed E-state index contributed by atoms with van der Waals surface area (Å²) in [5.41, 5.74) is 1.76. The van der Waals surface area contributed by atoms with Crippen molar-refractivity contribution in [1.29, 1.82) is 0 Å². The second kappa shape index (κ2) is 7.04. The lowest BCUT2D eigenvalue weighted by Crippen LogP contribution is -2.25. The highest BCUT2D eigenvalue weighted by atomic mass is 16.1. The molecule has 0 aliphatic heterocycles. The number of amides is 1. The molecule has 122 valence electrons. The molecule has 1 aromatic carbocycles. The fourth-order valence-electron chi connectivity index (χ4n) is 2.53. The van der Waals surface area contributed by atoms with Crippen LogP contribution in [0.4, 0.5) is 11.6 Å². The minimum atomic E-state index is -0.274. The number of hydrogen-bond donors (Lipinski definition) is 1. The Morgan fingerprint density at radius 2 is 1.83 bits per heavy atom. The lowest BCUT2D eigenvalue weighted by atomic mass is 10.2. The number of fused-ring (bicyclic) bond motifs is 1. The van der Waals surface area contributed by atoms with Gasteiger partial charge in [0.1, 0.15) is 5.69 Å². The third-order valence-corrected chi connectivity index (χ3v) is 3.80. The Morgan fingerprint density at radius 3 is 2.62 bits per heavy atom. The molecule has 6 nitrogen and oxygen atoms in total. The molecule has 0 saturated carbocycles. The zero-order valence-electron chi connectivity index (χ0n) is 13.7. The van der Waals surface area contributed by atoms with E-state index < -0.39 is 0 Å². The van der Waals surface area contributed by atoms with Gasteiger partial charge in [-0.15, -0.1) is 0 Å². The van der Waals surface area contributed by atoms with Crippen molar-refractivity contribution in [2.24, 2.45) is 0 Å². The Hall–Kier alpha value is -3.02. The van der Waals surface area contributed by atoms with E-state index in [2.05, 4.69) is 20.3 Å². The first kappa shape index (κ1) is 15.9. The molecular formula is C18H19N5O. The van der Waals surface area contributed by atoms with Crippen LogP contribution in [0.25, 0.3) is 10.9 Å². The standard InChI is InChI=1S/C18H19N5O/c1-3-23(4-2)18-20-12-10-15(22-18)17(24)21-14-9-5-7-13-8-6-11-19-16(13)14/h5-12H,3-4H2,1-2H3,(H,21,24). The average Bonchev–Trinajstić information content (AvgIpc) is 2.63.